The molecule has 0 radical (unpaired) electrons. The highest BCUT2D eigenvalue weighted by Crippen LogP contribution is 2.25. The van der Waals surface area contributed by atoms with Gasteiger partial charge in [-0.2, -0.15) is 11.3 Å². The molecule has 0 aromatic carbocycles. The third-order valence-electron chi connectivity index (χ3n) is 2.49. The van der Waals surface area contributed by atoms with E-state index in [0.29, 0.717) is 0 Å². The normalized spacial score (nSPS) is 12.9. The van der Waals surface area contributed by atoms with Gasteiger partial charge in [-0.3, -0.25) is 11.3 Å². The molecule has 2 nitrogen and oxygen atoms in total. The number of aryl methyl sites for hydroxylation is 1. The number of nitrogens with two attached hydrogens (primary N) is 1. The minimum atomic E-state index is 0.264. The van der Waals surface area contributed by atoms with Crippen molar-refractivity contribution in [3.8, 4) is 0 Å². The SMILES string of the molecule is NNC(CCc1ccsc1)c1csc(I)c1. The molecule has 2 heterocycles. The van der Waals surface area contributed by atoms with Gasteiger partial charge in [-0.1, -0.05) is 0 Å². The Hall–Kier alpha value is 0.0500. The van der Waals surface area contributed by atoms with Gasteiger partial charge in [0.2, 0.25) is 0 Å². The van der Waals surface area contributed by atoms with E-state index in [-0.39, 0.29) is 6.04 Å². The van der Waals surface area contributed by atoms with Crippen LogP contribution in [0.2, 0.25) is 0 Å². The van der Waals surface area contributed by atoms with Crippen LogP contribution in [-0.2, 0) is 6.42 Å². The fraction of sp³-hybridized carbons (Fsp3) is 0.273. The first-order chi connectivity index (χ1) is 7.79. The van der Waals surface area contributed by atoms with Gasteiger partial charge in [-0.15, -0.1) is 11.3 Å². The molecule has 2 aromatic heterocycles. The van der Waals surface area contributed by atoms with Crippen LogP contribution in [0.15, 0.2) is 28.3 Å². The zero-order chi connectivity index (χ0) is 11.4. The summed E-state index contributed by atoms with van der Waals surface area (Å²) in [5, 5.41) is 6.50. The molecule has 0 aliphatic heterocycles. The largest absolute Gasteiger partial charge is 0.271 e. The zero-order valence-corrected chi connectivity index (χ0v) is 12.4. The maximum absolute atomic E-state index is 5.61. The molecular formula is C11H13IN2S2. The first kappa shape index (κ1) is 12.5. The van der Waals surface area contributed by atoms with Gasteiger partial charge in [0.1, 0.15) is 0 Å². The van der Waals surface area contributed by atoms with Crippen molar-refractivity contribution in [1.82, 2.24) is 5.43 Å². The van der Waals surface area contributed by atoms with E-state index < -0.39 is 0 Å². The standard InChI is InChI=1S/C11H13IN2S2/c12-11-5-9(7-16-11)10(14-13)2-1-8-3-4-15-6-8/h3-7,10,14H,1-2,13H2. The van der Waals surface area contributed by atoms with E-state index in [9.17, 15) is 0 Å². The number of halogens is 1. The van der Waals surface area contributed by atoms with E-state index in [4.69, 9.17) is 5.84 Å². The second-order valence-electron chi connectivity index (χ2n) is 3.57. The summed E-state index contributed by atoms with van der Waals surface area (Å²) in [6, 6.07) is 4.64. The first-order valence-electron chi connectivity index (χ1n) is 5.00. The Bertz CT molecular complexity index is 425. The van der Waals surface area contributed by atoms with Crippen LogP contribution in [0, 0.1) is 2.88 Å². The zero-order valence-electron chi connectivity index (χ0n) is 8.65. The minimum Gasteiger partial charge on any atom is -0.271 e. The molecule has 1 unspecified atom stereocenters. The maximum Gasteiger partial charge on any atom is 0.0656 e. The molecule has 0 bridgehead atoms. The highest BCUT2D eigenvalue weighted by Gasteiger charge is 2.11. The van der Waals surface area contributed by atoms with E-state index >= 15 is 0 Å². The molecule has 0 aliphatic rings. The fourth-order valence-corrected chi connectivity index (χ4v) is 3.73. The molecular weight excluding hydrogens is 351 g/mol. The number of thiophene rings is 2. The summed E-state index contributed by atoms with van der Waals surface area (Å²) in [5.41, 5.74) is 5.60. The molecule has 2 rings (SSSR count). The second kappa shape index (κ2) is 6.11. The minimum absolute atomic E-state index is 0.264. The maximum atomic E-state index is 5.61. The number of nitrogens with one attached hydrogen (secondary N) is 1. The molecule has 0 amide bonds. The highest BCUT2D eigenvalue weighted by atomic mass is 127. The summed E-state index contributed by atoms with van der Waals surface area (Å²) < 4.78 is 1.31. The van der Waals surface area contributed by atoms with Gasteiger partial charge in [-0.25, -0.2) is 0 Å². The summed E-state index contributed by atoms with van der Waals surface area (Å²) in [7, 11) is 0. The molecule has 0 fully saturated rings. The lowest BCUT2D eigenvalue weighted by atomic mass is 10.0. The van der Waals surface area contributed by atoms with Crippen molar-refractivity contribution >= 4 is 45.3 Å². The van der Waals surface area contributed by atoms with Gasteiger partial charge >= 0.3 is 0 Å². The van der Waals surface area contributed by atoms with Crippen LogP contribution >= 0.6 is 45.3 Å². The Labute approximate surface area is 117 Å². The lowest BCUT2D eigenvalue weighted by molar-refractivity contribution is 0.518. The first-order valence-corrected chi connectivity index (χ1v) is 7.91. The molecule has 2 aromatic rings. The topological polar surface area (TPSA) is 38.0 Å². The Morgan fingerprint density at radius 2 is 2.31 bits per heavy atom. The molecule has 1 atom stereocenters. The summed E-state index contributed by atoms with van der Waals surface area (Å²) >= 11 is 5.85. The summed E-state index contributed by atoms with van der Waals surface area (Å²) in [5.74, 6) is 5.61. The van der Waals surface area contributed by atoms with E-state index in [1.54, 1.807) is 22.7 Å². The lowest BCUT2D eigenvalue weighted by Crippen LogP contribution is -2.28. The number of rotatable bonds is 5. The lowest BCUT2D eigenvalue weighted by Gasteiger charge is -2.13. The van der Waals surface area contributed by atoms with Crippen molar-refractivity contribution < 1.29 is 0 Å². The third kappa shape index (κ3) is 3.27. The van der Waals surface area contributed by atoms with Crippen LogP contribution in [0.4, 0.5) is 0 Å². The number of hydrazine groups is 1. The van der Waals surface area contributed by atoms with Crippen molar-refractivity contribution in [3.63, 3.8) is 0 Å². The molecule has 86 valence electrons. The van der Waals surface area contributed by atoms with Gasteiger partial charge in [0.25, 0.3) is 0 Å². The molecule has 0 aliphatic carbocycles. The van der Waals surface area contributed by atoms with Crippen LogP contribution < -0.4 is 11.3 Å². The van der Waals surface area contributed by atoms with Crippen molar-refractivity contribution in [3.05, 3.63) is 42.3 Å². The fourth-order valence-electron chi connectivity index (χ4n) is 1.60. The quantitative estimate of drug-likeness (QED) is 0.484. The molecule has 16 heavy (non-hydrogen) atoms. The average molecular weight is 364 g/mol. The summed E-state index contributed by atoms with van der Waals surface area (Å²) in [6.45, 7) is 0. The molecule has 3 N–H and O–H groups in total. The number of hydrogen-bond acceptors (Lipinski definition) is 4. The second-order valence-corrected chi connectivity index (χ2v) is 7.16. The monoisotopic (exact) mass is 364 g/mol. The number of hydrogen-bond donors (Lipinski definition) is 2. The van der Waals surface area contributed by atoms with Crippen molar-refractivity contribution in [2.75, 3.05) is 0 Å². The van der Waals surface area contributed by atoms with Crippen LogP contribution in [0.5, 0.6) is 0 Å². The van der Waals surface area contributed by atoms with Crippen molar-refractivity contribution in [2.45, 2.75) is 18.9 Å². The smallest absolute Gasteiger partial charge is 0.0656 e. The third-order valence-corrected chi connectivity index (χ3v) is 5.03. The van der Waals surface area contributed by atoms with Gasteiger partial charge in [0.05, 0.1) is 2.88 Å². The van der Waals surface area contributed by atoms with Crippen LogP contribution in [0.3, 0.4) is 0 Å². The Balaban J connectivity index is 1.96. The summed E-state index contributed by atoms with van der Waals surface area (Å²) in [6.07, 6.45) is 2.12. The molecule has 5 heteroatoms. The van der Waals surface area contributed by atoms with Crippen LogP contribution in [-0.4, -0.2) is 0 Å². The van der Waals surface area contributed by atoms with Gasteiger partial charge < -0.3 is 0 Å². The predicted molar refractivity (Wildman–Crippen MR) is 79.7 cm³/mol. The predicted octanol–water partition coefficient (Wildman–Crippen LogP) is 3.55. The molecule has 0 spiro atoms. The van der Waals surface area contributed by atoms with E-state index in [0.717, 1.165) is 12.8 Å². The summed E-state index contributed by atoms with van der Waals surface area (Å²) in [4.78, 5) is 0. The van der Waals surface area contributed by atoms with Crippen molar-refractivity contribution in [2.24, 2.45) is 5.84 Å². The van der Waals surface area contributed by atoms with Gasteiger partial charge in [0.15, 0.2) is 0 Å². The van der Waals surface area contributed by atoms with Gasteiger partial charge in [0, 0.05) is 6.04 Å². The Kier molecular flexibility index (Phi) is 4.78. The molecule has 0 saturated carbocycles. The Morgan fingerprint density at radius 1 is 1.44 bits per heavy atom. The van der Waals surface area contributed by atoms with Gasteiger partial charge in [-0.05, 0) is 74.8 Å². The van der Waals surface area contributed by atoms with E-state index in [1.165, 1.54) is 14.0 Å². The van der Waals surface area contributed by atoms with Crippen molar-refractivity contribution in [1.29, 1.82) is 0 Å². The van der Waals surface area contributed by atoms with Crippen LogP contribution in [0.1, 0.15) is 23.6 Å². The van der Waals surface area contributed by atoms with E-state index in [1.807, 2.05) is 0 Å². The Morgan fingerprint density at radius 3 is 2.88 bits per heavy atom. The molecule has 0 saturated heterocycles. The highest BCUT2D eigenvalue weighted by molar-refractivity contribution is 14.1. The average Bonchev–Trinajstić information content (AvgIpc) is 2.91. The van der Waals surface area contributed by atoms with E-state index in [2.05, 4.69) is 56.3 Å². The van der Waals surface area contributed by atoms with Crippen LogP contribution in [0.25, 0.3) is 0 Å².